The van der Waals surface area contributed by atoms with Crippen molar-refractivity contribution in [1.82, 2.24) is 5.43 Å². The number of carbonyl (C=O) groups is 2. The third kappa shape index (κ3) is 3.57. The monoisotopic (exact) mass is 375 g/mol. The molecule has 0 aliphatic heterocycles. The maximum Gasteiger partial charge on any atom is 0.379 e. The highest BCUT2D eigenvalue weighted by Gasteiger charge is 2.29. The molecule has 0 saturated heterocycles. The summed E-state index contributed by atoms with van der Waals surface area (Å²) in [6.07, 6.45) is 2.13. The number of amides is 2. The molecule has 8 heteroatoms. The van der Waals surface area contributed by atoms with Gasteiger partial charge in [0.25, 0.3) is 0 Å². The van der Waals surface area contributed by atoms with Crippen molar-refractivity contribution in [2.24, 2.45) is 10.8 Å². The summed E-state index contributed by atoms with van der Waals surface area (Å²) in [5.74, 6) is 0.560. The molecule has 1 aliphatic carbocycles. The van der Waals surface area contributed by atoms with E-state index in [9.17, 15) is 9.59 Å². The molecule has 1 aromatic heterocycles. The second-order valence-corrected chi connectivity index (χ2v) is 6.45. The Morgan fingerprint density at radius 1 is 1.31 bits per heavy atom. The predicted octanol–water partition coefficient (Wildman–Crippen LogP) is 3.48. The fourth-order valence-corrected chi connectivity index (χ4v) is 3.05. The van der Waals surface area contributed by atoms with Gasteiger partial charge in [-0.25, -0.2) is 15.0 Å². The number of nitrogens with two attached hydrogens (primary N) is 1. The van der Waals surface area contributed by atoms with Crippen molar-refractivity contribution in [2.75, 3.05) is 0 Å². The fourth-order valence-electron chi connectivity index (χ4n) is 2.93. The van der Waals surface area contributed by atoms with E-state index in [0.29, 0.717) is 40.6 Å². The topological polar surface area (TPSA) is 107 Å². The number of primary amides is 1. The standard InChI is InChI=1S/C18H18ClN3O4/c1-9-8-11(6-7-12(9)19)25-17(23)16-10(2)15-13(21-22-18(20)24)4-3-5-14(15)26-16/h6-8H,3-5H2,1-2H3,(H3,20,22,24)/b21-13+. The number of benzene rings is 1. The van der Waals surface area contributed by atoms with Crippen LogP contribution < -0.4 is 15.9 Å². The number of furan rings is 1. The summed E-state index contributed by atoms with van der Waals surface area (Å²) in [7, 11) is 0. The summed E-state index contributed by atoms with van der Waals surface area (Å²) in [5.41, 5.74) is 10.1. The first kappa shape index (κ1) is 18.0. The minimum absolute atomic E-state index is 0.122. The lowest BCUT2D eigenvalue weighted by Crippen LogP contribution is -2.27. The third-order valence-corrected chi connectivity index (χ3v) is 4.58. The fraction of sp³-hybridized carbons (Fsp3) is 0.278. The second-order valence-electron chi connectivity index (χ2n) is 6.04. The normalized spacial score (nSPS) is 14.8. The van der Waals surface area contributed by atoms with Crippen LogP contribution >= 0.6 is 11.6 Å². The largest absolute Gasteiger partial charge is 0.453 e. The zero-order valence-electron chi connectivity index (χ0n) is 14.4. The number of hydrogen-bond donors (Lipinski definition) is 2. The minimum atomic E-state index is -0.747. The first-order chi connectivity index (χ1) is 12.4. The van der Waals surface area contributed by atoms with Crippen LogP contribution in [0.15, 0.2) is 27.7 Å². The van der Waals surface area contributed by atoms with Gasteiger partial charge in [-0.1, -0.05) is 11.6 Å². The van der Waals surface area contributed by atoms with Gasteiger partial charge in [-0.3, -0.25) is 0 Å². The lowest BCUT2D eigenvalue weighted by molar-refractivity contribution is 0.0698. The van der Waals surface area contributed by atoms with E-state index in [2.05, 4.69) is 10.5 Å². The molecular formula is C18H18ClN3O4. The van der Waals surface area contributed by atoms with Crippen molar-refractivity contribution in [3.63, 3.8) is 0 Å². The number of rotatable bonds is 3. The summed E-state index contributed by atoms with van der Waals surface area (Å²) in [6.45, 7) is 3.59. The van der Waals surface area contributed by atoms with Gasteiger partial charge in [0.1, 0.15) is 11.5 Å². The minimum Gasteiger partial charge on any atom is -0.453 e. The van der Waals surface area contributed by atoms with Crippen molar-refractivity contribution in [3.8, 4) is 5.75 Å². The number of hydrazone groups is 1. The predicted molar refractivity (Wildman–Crippen MR) is 96.8 cm³/mol. The molecule has 136 valence electrons. The Kier molecular flexibility index (Phi) is 4.99. The number of carbonyl (C=O) groups excluding carboxylic acids is 2. The van der Waals surface area contributed by atoms with Gasteiger partial charge in [-0.05, 0) is 50.5 Å². The van der Waals surface area contributed by atoms with Crippen molar-refractivity contribution in [1.29, 1.82) is 0 Å². The van der Waals surface area contributed by atoms with Crippen LogP contribution in [0.4, 0.5) is 4.79 Å². The quantitative estimate of drug-likeness (QED) is 0.486. The first-order valence-corrected chi connectivity index (χ1v) is 8.47. The van der Waals surface area contributed by atoms with Crippen molar-refractivity contribution in [3.05, 3.63) is 51.4 Å². The summed E-state index contributed by atoms with van der Waals surface area (Å²) in [6, 6.07) is 4.22. The average Bonchev–Trinajstić information content (AvgIpc) is 2.94. The number of fused-ring (bicyclic) bond motifs is 1. The van der Waals surface area contributed by atoms with Crippen LogP contribution in [0.1, 0.15) is 45.8 Å². The zero-order valence-corrected chi connectivity index (χ0v) is 15.1. The van der Waals surface area contributed by atoms with E-state index in [1.54, 1.807) is 25.1 Å². The summed E-state index contributed by atoms with van der Waals surface area (Å²) >= 11 is 5.99. The molecule has 1 heterocycles. The molecule has 1 aliphatic rings. The third-order valence-electron chi connectivity index (χ3n) is 4.15. The molecule has 0 atom stereocenters. The molecule has 3 rings (SSSR count). The highest BCUT2D eigenvalue weighted by atomic mass is 35.5. The van der Waals surface area contributed by atoms with Crippen molar-refractivity contribution >= 4 is 29.3 Å². The molecule has 0 fully saturated rings. The maximum absolute atomic E-state index is 12.5. The molecular weight excluding hydrogens is 358 g/mol. The Morgan fingerprint density at radius 3 is 2.77 bits per heavy atom. The number of halogens is 1. The van der Waals surface area contributed by atoms with Gasteiger partial charge in [0.05, 0.1) is 5.71 Å². The van der Waals surface area contributed by atoms with Crippen LogP contribution in [0.3, 0.4) is 0 Å². The van der Waals surface area contributed by atoms with Gasteiger partial charge in [-0.15, -0.1) is 0 Å². The molecule has 3 N–H and O–H groups in total. The summed E-state index contributed by atoms with van der Waals surface area (Å²) in [4.78, 5) is 23.4. The molecule has 0 bridgehead atoms. The van der Waals surface area contributed by atoms with Gasteiger partial charge >= 0.3 is 12.0 Å². The smallest absolute Gasteiger partial charge is 0.379 e. The molecule has 7 nitrogen and oxygen atoms in total. The zero-order chi connectivity index (χ0) is 18.8. The Morgan fingerprint density at radius 2 is 2.08 bits per heavy atom. The Bertz CT molecular complexity index is 917. The number of aryl methyl sites for hydroxylation is 2. The van der Waals surface area contributed by atoms with Crippen LogP contribution in [0.5, 0.6) is 5.75 Å². The Hall–Kier alpha value is -2.80. The number of nitrogens with one attached hydrogen (secondary N) is 1. The number of nitrogens with zero attached hydrogens (tertiary/aromatic N) is 1. The van der Waals surface area contributed by atoms with Crippen LogP contribution in [0, 0.1) is 13.8 Å². The Balaban J connectivity index is 1.89. The van der Waals surface area contributed by atoms with Crippen LogP contribution in [-0.4, -0.2) is 17.7 Å². The highest BCUT2D eigenvalue weighted by Crippen LogP contribution is 2.31. The highest BCUT2D eigenvalue weighted by molar-refractivity contribution is 6.31. The van der Waals surface area contributed by atoms with Gasteiger partial charge in [0, 0.05) is 22.6 Å². The molecule has 1 aromatic carbocycles. The van der Waals surface area contributed by atoms with Crippen molar-refractivity contribution < 1.29 is 18.7 Å². The van der Waals surface area contributed by atoms with Crippen LogP contribution in [-0.2, 0) is 6.42 Å². The Labute approximate surface area is 155 Å². The van der Waals surface area contributed by atoms with Gasteiger partial charge in [0.15, 0.2) is 0 Å². The van der Waals surface area contributed by atoms with Crippen LogP contribution in [0.25, 0.3) is 0 Å². The van der Waals surface area contributed by atoms with Gasteiger partial charge in [0.2, 0.25) is 5.76 Å². The number of ether oxygens (including phenoxy) is 1. The van der Waals surface area contributed by atoms with E-state index in [-0.39, 0.29) is 5.76 Å². The molecule has 0 saturated carbocycles. The lowest BCUT2D eigenvalue weighted by atomic mass is 9.93. The molecule has 0 unspecified atom stereocenters. The maximum atomic E-state index is 12.5. The van der Waals surface area contributed by atoms with E-state index < -0.39 is 12.0 Å². The molecule has 26 heavy (non-hydrogen) atoms. The summed E-state index contributed by atoms with van der Waals surface area (Å²) < 4.78 is 11.1. The summed E-state index contributed by atoms with van der Waals surface area (Å²) in [5, 5.41) is 4.62. The molecule has 0 radical (unpaired) electrons. The number of urea groups is 1. The molecule has 2 aromatic rings. The van der Waals surface area contributed by atoms with E-state index >= 15 is 0 Å². The van der Waals surface area contributed by atoms with Gasteiger partial charge < -0.3 is 14.9 Å². The molecule has 2 amide bonds. The second kappa shape index (κ2) is 7.21. The van der Waals surface area contributed by atoms with E-state index in [1.165, 1.54) is 0 Å². The number of hydrogen-bond acceptors (Lipinski definition) is 5. The van der Waals surface area contributed by atoms with E-state index in [1.807, 2.05) is 6.92 Å². The van der Waals surface area contributed by atoms with Crippen molar-refractivity contribution in [2.45, 2.75) is 33.1 Å². The van der Waals surface area contributed by atoms with E-state index in [0.717, 1.165) is 17.5 Å². The van der Waals surface area contributed by atoms with Gasteiger partial charge in [-0.2, -0.15) is 5.10 Å². The number of esters is 1. The SMILES string of the molecule is Cc1cc(OC(=O)c2oc3c(c2C)/C(=N/NC(N)=O)CCC3)ccc1Cl. The average molecular weight is 376 g/mol. The van der Waals surface area contributed by atoms with Crippen LogP contribution in [0.2, 0.25) is 5.02 Å². The molecule has 0 spiro atoms. The first-order valence-electron chi connectivity index (χ1n) is 8.09. The lowest BCUT2D eigenvalue weighted by Gasteiger charge is -2.12. The van der Waals surface area contributed by atoms with E-state index in [4.69, 9.17) is 26.5 Å².